The lowest BCUT2D eigenvalue weighted by atomic mass is 9.99. The molecule has 1 aliphatic heterocycles. The average Bonchev–Trinajstić information content (AvgIpc) is 1.88. The summed E-state index contributed by atoms with van der Waals surface area (Å²) >= 11 is 0. The number of aliphatic hydroxyl groups is 1. The SMILES string of the molecule is N#C[C@@H]1CNC[C@H](O)C1. The number of nitriles is 1. The zero-order chi connectivity index (χ0) is 6.69. The maximum atomic E-state index is 9.00. The zero-order valence-electron chi connectivity index (χ0n) is 5.17. The zero-order valence-corrected chi connectivity index (χ0v) is 5.17. The number of hydrogen-bond acceptors (Lipinski definition) is 3. The Hall–Kier alpha value is -0.590. The highest BCUT2D eigenvalue weighted by Gasteiger charge is 2.18. The van der Waals surface area contributed by atoms with Crippen LogP contribution in [0.2, 0.25) is 0 Å². The van der Waals surface area contributed by atoms with Gasteiger partial charge in [-0.05, 0) is 6.42 Å². The molecule has 1 fully saturated rings. The third-order valence-electron chi connectivity index (χ3n) is 1.51. The van der Waals surface area contributed by atoms with Gasteiger partial charge in [-0.2, -0.15) is 5.26 Å². The predicted octanol–water partition coefficient (Wildman–Crippen LogP) is -0.520. The van der Waals surface area contributed by atoms with E-state index in [9.17, 15) is 0 Å². The molecule has 2 N–H and O–H groups in total. The Labute approximate surface area is 54.3 Å². The van der Waals surface area contributed by atoms with Gasteiger partial charge in [0.25, 0.3) is 0 Å². The van der Waals surface area contributed by atoms with E-state index in [4.69, 9.17) is 10.4 Å². The van der Waals surface area contributed by atoms with Crippen molar-refractivity contribution in [2.24, 2.45) is 5.92 Å². The van der Waals surface area contributed by atoms with Crippen molar-refractivity contribution in [3.63, 3.8) is 0 Å². The molecular weight excluding hydrogens is 116 g/mol. The van der Waals surface area contributed by atoms with Gasteiger partial charge in [-0.25, -0.2) is 0 Å². The molecule has 0 aromatic heterocycles. The molecule has 0 bridgehead atoms. The van der Waals surface area contributed by atoms with E-state index in [0.29, 0.717) is 13.0 Å². The van der Waals surface area contributed by atoms with Crippen molar-refractivity contribution >= 4 is 0 Å². The first-order valence-electron chi connectivity index (χ1n) is 3.11. The fraction of sp³-hybridized carbons (Fsp3) is 0.833. The Morgan fingerprint density at radius 3 is 2.78 bits per heavy atom. The van der Waals surface area contributed by atoms with Crippen LogP contribution in [0.3, 0.4) is 0 Å². The van der Waals surface area contributed by atoms with Crippen LogP contribution < -0.4 is 5.32 Å². The van der Waals surface area contributed by atoms with Gasteiger partial charge in [-0.15, -0.1) is 0 Å². The molecule has 0 aliphatic carbocycles. The van der Waals surface area contributed by atoms with Crippen LogP contribution in [0.4, 0.5) is 0 Å². The summed E-state index contributed by atoms with van der Waals surface area (Å²) in [6, 6.07) is 2.11. The minimum Gasteiger partial charge on any atom is -0.392 e. The van der Waals surface area contributed by atoms with Gasteiger partial charge in [0.1, 0.15) is 0 Å². The number of hydrogen-bond donors (Lipinski definition) is 2. The summed E-state index contributed by atoms with van der Waals surface area (Å²) in [5.74, 6) is 0.00810. The quantitative estimate of drug-likeness (QED) is 0.459. The Morgan fingerprint density at radius 1 is 1.56 bits per heavy atom. The van der Waals surface area contributed by atoms with Crippen LogP contribution in [0.5, 0.6) is 0 Å². The molecular formula is C6H10N2O. The van der Waals surface area contributed by atoms with Crippen LogP contribution in [0.15, 0.2) is 0 Å². The second kappa shape index (κ2) is 2.81. The number of nitrogens with zero attached hydrogens (tertiary/aromatic N) is 1. The smallest absolute Gasteiger partial charge is 0.0677 e. The molecule has 3 nitrogen and oxygen atoms in total. The van der Waals surface area contributed by atoms with E-state index in [0.717, 1.165) is 6.54 Å². The molecule has 1 rings (SSSR count). The number of rotatable bonds is 0. The van der Waals surface area contributed by atoms with Crippen molar-refractivity contribution in [1.29, 1.82) is 5.26 Å². The van der Waals surface area contributed by atoms with E-state index < -0.39 is 0 Å². The van der Waals surface area contributed by atoms with Gasteiger partial charge < -0.3 is 10.4 Å². The van der Waals surface area contributed by atoms with Crippen molar-refractivity contribution in [1.82, 2.24) is 5.32 Å². The average molecular weight is 126 g/mol. The summed E-state index contributed by atoms with van der Waals surface area (Å²) in [7, 11) is 0. The minimum atomic E-state index is -0.316. The molecule has 0 radical (unpaired) electrons. The molecule has 0 amide bonds. The Kier molecular flexibility index (Phi) is 2.04. The molecule has 9 heavy (non-hydrogen) atoms. The Bertz CT molecular complexity index is 130. The van der Waals surface area contributed by atoms with Gasteiger partial charge in [-0.1, -0.05) is 0 Å². The number of nitrogens with one attached hydrogen (secondary N) is 1. The van der Waals surface area contributed by atoms with Crippen LogP contribution in [0.25, 0.3) is 0 Å². The van der Waals surface area contributed by atoms with Gasteiger partial charge >= 0.3 is 0 Å². The van der Waals surface area contributed by atoms with Crippen molar-refractivity contribution in [2.75, 3.05) is 13.1 Å². The highest BCUT2D eigenvalue weighted by molar-refractivity contribution is 4.89. The van der Waals surface area contributed by atoms with Gasteiger partial charge in [-0.3, -0.25) is 0 Å². The Balaban J connectivity index is 2.34. The van der Waals surface area contributed by atoms with Crippen molar-refractivity contribution in [3.8, 4) is 6.07 Å². The van der Waals surface area contributed by atoms with Crippen molar-refractivity contribution < 1.29 is 5.11 Å². The standard InChI is InChI=1S/C6H10N2O/c7-2-5-1-6(9)4-8-3-5/h5-6,8-9H,1,3-4H2/t5-,6-/m1/s1. The van der Waals surface area contributed by atoms with E-state index in [1.807, 2.05) is 0 Å². The Morgan fingerprint density at radius 2 is 2.33 bits per heavy atom. The summed E-state index contributed by atoms with van der Waals surface area (Å²) in [5.41, 5.74) is 0. The molecule has 0 aromatic carbocycles. The predicted molar refractivity (Wildman–Crippen MR) is 32.6 cm³/mol. The molecule has 1 aliphatic rings. The molecule has 0 saturated carbocycles. The minimum absolute atomic E-state index is 0.00810. The van der Waals surface area contributed by atoms with Gasteiger partial charge in [0.15, 0.2) is 0 Å². The van der Waals surface area contributed by atoms with Crippen molar-refractivity contribution in [2.45, 2.75) is 12.5 Å². The van der Waals surface area contributed by atoms with Crippen LogP contribution in [0.1, 0.15) is 6.42 Å². The molecule has 2 atom stereocenters. The highest BCUT2D eigenvalue weighted by Crippen LogP contribution is 2.08. The second-order valence-corrected chi connectivity index (χ2v) is 2.37. The lowest BCUT2D eigenvalue weighted by Crippen LogP contribution is -2.38. The number of piperidine rings is 1. The lowest BCUT2D eigenvalue weighted by Gasteiger charge is -2.21. The molecule has 1 heterocycles. The largest absolute Gasteiger partial charge is 0.392 e. The van der Waals surface area contributed by atoms with Gasteiger partial charge in [0, 0.05) is 13.1 Å². The monoisotopic (exact) mass is 126 g/mol. The molecule has 0 aromatic rings. The first kappa shape index (κ1) is 6.53. The van der Waals surface area contributed by atoms with E-state index in [-0.39, 0.29) is 12.0 Å². The first-order chi connectivity index (χ1) is 4.33. The highest BCUT2D eigenvalue weighted by atomic mass is 16.3. The normalized spacial score (nSPS) is 35.6. The van der Waals surface area contributed by atoms with E-state index in [2.05, 4.69) is 11.4 Å². The van der Waals surface area contributed by atoms with Crippen LogP contribution >= 0.6 is 0 Å². The van der Waals surface area contributed by atoms with Crippen LogP contribution in [0, 0.1) is 17.2 Å². The summed E-state index contributed by atoms with van der Waals surface area (Å²) < 4.78 is 0. The topological polar surface area (TPSA) is 56.0 Å². The van der Waals surface area contributed by atoms with Gasteiger partial charge in [0.2, 0.25) is 0 Å². The van der Waals surface area contributed by atoms with Crippen LogP contribution in [-0.2, 0) is 0 Å². The second-order valence-electron chi connectivity index (χ2n) is 2.37. The van der Waals surface area contributed by atoms with Crippen molar-refractivity contribution in [3.05, 3.63) is 0 Å². The summed E-state index contributed by atoms with van der Waals surface area (Å²) in [6.07, 6.45) is 0.312. The number of aliphatic hydroxyl groups excluding tert-OH is 1. The fourth-order valence-corrected chi connectivity index (χ4v) is 1.02. The van der Waals surface area contributed by atoms with Crippen LogP contribution in [-0.4, -0.2) is 24.3 Å². The molecule has 3 heteroatoms. The number of β-amino-alcohol motifs (C(OH)–C–C–N with tert-alkyl or cyclic N) is 1. The van der Waals surface area contributed by atoms with E-state index in [1.54, 1.807) is 0 Å². The third-order valence-corrected chi connectivity index (χ3v) is 1.51. The summed E-state index contributed by atoms with van der Waals surface area (Å²) in [5, 5.41) is 20.4. The summed E-state index contributed by atoms with van der Waals surface area (Å²) in [4.78, 5) is 0. The lowest BCUT2D eigenvalue weighted by molar-refractivity contribution is 0.127. The fourth-order valence-electron chi connectivity index (χ4n) is 1.02. The van der Waals surface area contributed by atoms with Gasteiger partial charge in [0.05, 0.1) is 18.1 Å². The molecule has 0 spiro atoms. The first-order valence-corrected chi connectivity index (χ1v) is 3.11. The molecule has 1 saturated heterocycles. The van der Waals surface area contributed by atoms with E-state index in [1.165, 1.54) is 0 Å². The molecule has 0 unspecified atom stereocenters. The maximum Gasteiger partial charge on any atom is 0.0677 e. The maximum absolute atomic E-state index is 9.00. The third kappa shape index (κ3) is 1.67. The summed E-state index contributed by atoms with van der Waals surface area (Å²) in [6.45, 7) is 1.37. The van der Waals surface area contributed by atoms with E-state index >= 15 is 0 Å². The molecule has 50 valence electrons.